The van der Waals surface area contributed by atoms with Crippen LogP contribution in [0.3, 0.4) is 0 Å². The van der Waals surface area contributed by atoms with E-state index in [1.54, 1.807) is 0 Å². The van der Waals surface area contributed by atoms with Gasteiger partial charge in [-0.2, -0.15) is 0 Å². The van der Waals surface area contributed by atoms with Crippen LogP contribution in [0.25, 0.3) is 0 Å². The van der Waals surface area contributed by atoms with Gasteiger partial charge in [-0.1, -0.05) is 185 Å². The average Bonchev–Trinajstić information content (AvgIpc) is 3.38. The van der Waals surface area contributed by atoms with Gasteiger partial charge in [0.25, 0.3) is 0 Å². The first kappa shape index (κ1) is 84.9. The topological polar surface area (TPSA) is 124 Å². The predicted molar refractivity (Wildman–Crippen MR) is 368 cm³/mol. The Morgan fingerprint density at radius 2 is 0.538 bits per heavy atom. The van der Waals surface area contributed by atoms with E-state index in [4.69, 9.17) is 44.4 Å². The third-order valence-corrected chi connectivity index (χ3v) is 46.8. The van der Waals surface area contributed by atoms with Crippen LogP contribution in [0.5, 0.6) is 0 Å². The summed E-state index contributed by atoms with van der Waals surface area (Å²) in [5.74, 6) is 0. The van der Waals surface area contributed by atoms with E-state index in [0.717, 1.165) is 5.33 Å². The van der Waals surface area contributed by atoms with Gasteiger partial charge in [0.15, 0.2) is 49.9 Å². The van der Waals surface area contributed by atoms with E-state index >= 15 is 0 Å². The summed E-state index contributed by atoms with van der Waals surface area (Å²) >= 11 is 3.72. The van der Waals surface area contributed by atoms with Crippen molar-refractivity contribution in [2.45, 2.75) is 229 Å². The molecule has 0 unspecified atom stereocenters. The maximum absolute atomic E-state index is 8.40. The summed E-state index contributed by atoms with van der Waals surface area (Å²) in [6.45, 7) is 28.6. The molecule has 0 amide bonds. The Kier molecular flexibility index (Phi) is 49.9. The molecule has 0 aliphatic rings. The minimum Gasteiger partial charge on any atom is -0.420 e. The van der Waals surface area contributed by atoms with Gasteiger partial charge in [-0.25, -0.2) is 0 Å². The predicted octanol–water partition coefficient (Wildman–Crippen LogP) is 17.7. The van der Waals surface area contributed by atoms with Crippen molar-refractivity contribution >= 4 is 119 Å². The molecule has 2 aromatic carbocycles. The van der Waals surface area contributed by atoms with Gasteiger partial charge < -0.3 is 26.6 Å². The number of halogens is 1. The molecule has 456 valence electrons. The van der Waals surface area contributed by atoms with Crippen molar-refractivity contribution in [1.82, 2.24) is 0 Å². The highest BCUT2D eigenvalue weighted by Crippen LogP contribution is 2.41. The van der Waals surface area contributed by atoms with Gasteiger partial charge in [-0.15, -0.1) is 0 Å². The second-order valence-electron chi connectivity index (χ2n) is 24.8. The molecule has 0 N–H and O–H groups in total. The summed E-state index contributed by atoms with van der Waals surface area (Å²) in [6, 6.07) is 42.2. The molecule has 0 spiro atoms. The first-order valence-electron chi connectivity index (χ1n) is 28.3. The lowest BCUT2D eigenvalue weighted by Crippen LogP contribution is -2.38. The molecule has 78 heavy (non-hydrogen) atoms. The van der Waals surface area contributed by atoms with Crippen LogP contribution in [0.1, 0.15) is 66.2 Å². The highest BCUT2D eigenvalue weighted by molar-refractivity contribution is 9.09. The van der Waals surface area contributed by atoms with Crippen LogP contribution >= 0.6 is 23.9 Å². The number of hydrogen-bond acceptors (Lipinski definition) is 10. The van der Waals surface area contributed by atoms with E-state index in [2.05, 4.69) is 155 Å². The van der Waals surface area contributed by atoms with Crippen LogP contribution in [0.2, 0.25) is 163 Å². The average molecular weight is 1350 g/mol. The van der Waals surface area contributed by atoms with Gasteiger partial charge in [0.05, 0.1) is 16.1 Å². The van der Waals surface area contributed by atoms with Crippen molar-refractivity contribution in [3.05, 3.63) is 60.7 Å². The highest BCUT2D eigenvalue weighted by atomic mass is 79.9. The summed E-state index contributed by atoms with van der Waals surface area (Å²) in [5.41, 5.74) is 0. The van der Waals surface area contributed by atoms with E-state index in [0.29, 0.717) is 0 Å². The molecule has 0 fully saturated rings. The Morgan fingerprint density at radius 1 is 0.346 bits per heavy atom. The van der Waals surface area contributed by atoms with Crippen LogP contribution in [-0.4, -0.2) is 139 Å². The summed E-state index contributed by atoms with van der Waals surface area (Å²) in [4.78, 5) is 0. The first-order valence-corrected chi connectivity index (χ1v) is 56.9. The Balaban J connectivity index is -0.000000651. The van der Waals surface area contributed by atoms with Gasteiger partial charge in [0.2, 0.25) is 0 Å². The monoisotopic (exact) mass is 1340 g/mol. The molecular formula is C56H120BrO10PSi10. The molecular weight excluding hydrogens is 1220 g/mol. The molecule has 0 heterocycles. The Labute approximate surface area is 503 Å². The second kappa shape index (κ2) is 45.8. The van der Waals surface area contributed by atoms with Gasteiger partial charge in [-0.3, -0.25) is 17.8 Å². The summed E-state index contributed by atoms with van der Waals surface area (Å²) < 4.78 is 69.1. The lowest BCUT2D eigenvalue weighted by molar-refractivity contribution is 0.401. The van der Waals surface area contributed by atoms with Crippen molar-refractivity contribution in [2.75, 3.05) is 54.2 Å². The van der Waals surface area contributed by atoms with Crippen LogP contribution in [0.15, 0.2) is 60.7 Å². The molecule has 0 radical (unpaired) electrons. The normalized spacial score (nSPS) is 12.3. The fraction of sp³-hybridized carbons (Fsp3) is 0.786. The lowest BCUT2D eigenvalue weighted by atomic mass is 10.4. The number of benzene rings is 2. The van der Waals surface area contributed by atoms with Gasteiger partial charge in [-0.05, 0) is 146 Å². The van der Waals surface area contributed by atoms with Crippen LogP contribution in [-0.2, 0) is 44.4 Å². The Hall–Kier alpha value is 0.479. The molecule has 0 bridgehead atoms. The molecule has 22 heteroatoms. The number of alkyl halides is 1. The maximum atomic E-state index is 8.40. The summed E-state index contributed by atoms with van der Waals surface area (Å²) in [5, 5.41) is 4.19. The highest BCUT2D eigenvalue weighted by Gasteiger charge is 2.37. The summed E-state index contributed by atoms with van der Waals surface area (Å²) in [6.07, 6.45) is 12.2. The molecule has 0 aliphatic carbocycles. The van der Waals surface area contributed by atoms with E-state index in [9.17, 15) is 0 Å². The fourth-order valence-electron chi connectivity index (χ4n) is 10.1. The van der Waals surface area contributed by atoms with Crippen LogP contribution in [0, 0.1) is 0 Å². The smallest absolute Gasteiger partial charge is 0.420 e. The SMILES string of the molecule is C.C.CO[Si](C)(C)CCC[Si](CCCBr)(CCC[Si](C)(C)OC)CCC[Si](C)(C)OC.CO[Si](C)(C)CCC[Si](CCCP(c1ccccc1)c1ccccc1)(CCC[Si](C)(C)OC)CCC[Si](C)(C)OC.O=[Si]=O.O=[Si]=O. The molecule has 0 saturated carbocycles. The van der Waals surface area contributed by atoms with Gasteiger partial charge in [0.1, 0.15) is 0 Å². The Morgan fingerprint density at radius 3 is 0.731 bits per heavy atom. The number of rotatable bonds is 39. The quantitative estimate of drug-likeness (QED) is 0.0363. The second-order valence-corrected chi connectivity index (χ2v) is 64.8. The number of hydrogen-bond donors (Lipinski definition) is 0. The van der Waals surface area contributed by atoms with Crippen molar-refractivity contribution in [3.63, 3.8) is 0 Å². The van der Waals surface area contributed by atoms with Crippen LogP contribution in [0.4, 0.5) is 0 Å². The molecule has 0 atom stereocenters. The molecule has 10 nitrogen and oxygen atoms in total. The minimum atomic E-state index is -1.55. The molecule has 0 aromatic heterocycles. The Bertz CT molecular complexity index is 1670. The van der Waals surface area contributed by atoms with Gasteiger partial charge in [0, 0.05) is 48.0 Å². The zero-order valence-electron chi connectivity index (χ0n) is 51.7. The van der Waals surface area contributed by atoms with Crippen molar-refractivity contribution < 1.29 is 44.4 Å². The van der Waals surface area contributed by atoms with Crippen LogP contribution < -0.4 is 10.6 Å². The maximum Gasteiger partial charge on any atom is 0.549 e. The van der Waals surface area contributed by atoms with Crippen molar-refractivity contribution in [1.29, 1.82) is 0 Å². The van der Waals surface area contributed by atoms with Gasteiger partial charge >= 0.3 is 18.6 Å². The van der Waals surface area contributed by atoms with E-state index < -0.39 is 84.6 Å². The van der Waals surface area contributed by atoms with E-state index in [1.807, 2.05) is 42.7 Å². The standard InChI is InChI=1S/C33H61O3PSi4.C21H51BrO3Si4.2CH4.2O2Si/c1-34-38(4,5)25-17-29-41(30-18-26-39(6,7)35-2,31-19-27-40(8,9)36-3)28-16-24-37(32-20-12-10-13-21-32)33-22-14-11-15-23-33;1-23-26(4,5)15-11-19-29(18-10-14-22,20-12-16-27(6,7)24-2)21-13-17-28(8,9)25-3;;;2*1-3-2/h10-15,20-23H,16-19,24-31H2,1-9H3;10-21H2,1-9H3;2*1H4;;. The third kappa shape index (κ3) is 41.5. The van der Waals surface area contributed by atoms with E-state index in [-0.39, 0.29) is 22.8 Å². The molecule has 0 aliphatic heterocycles. The van der Waals surface area contributed by atoms with Crippen molar-refractivity contribution in [3.8, 4) is 0 Å². The first-order chi connectivity index (χ1) is 35.6. The largest absolute Gasteiger partial charge is 0.549 e. The molecule has 2 aromatic rings. The van der Waals surface area contributed by atoms with Crippen molar-refractivity contribution in [2.24, 2.45) is 0 Å². The zero-order chi connectivity index (χ0) is 58.4. The summed E-state index contributed by atoms with van der Waals surface area (Å²) in [7, 11) is -3.41. The minimum absolute atomic E-state index is 0. The zero-order valence-corrected chi connectivity index (χ0v) is 64.1. The fourth-order valence-corrected chi connectivity index (χ4v) is 33.5. The molecule has 2 rings (SSSR count). The molecule has 0 saturated heterocycles. The van der Waals surface area contributed by atoms with E-state index in [1.165, 1.54) is 153 Å². The third-order valence-electron chi connectivity index (χ3n) is 16.3. The lowest BCUT2D eigenvalue weighted by Gasteiger charge is -2.35.